The van der Waals surface area contributed by atoms with Gasteiger partial charge in [-0.25, -0.2) is 0 Å². The van der Waals surface area contributed by atoms with Crippen LogP contribution in [-0.4, -0.2) is 37.6 Å². The van der Waals surface area contributed by atoms with Crippen molar-refractivity contribution in [3.63, 3.8) is 0 Å². The highest BCUT2D eigenvalue weighted by molar-refractivity contribution is 5.96. The summed E-state index contributed by atoms with van der Waals surface area (Å²) in [6.07, 6.45) is 3.97. The van der Waals surface area contributed by atoms with E-state index in [-0.39, 0.29) is 11.8 Å². The Labute approximate surface area is 168 Å². The minimum absolute atomic E-state index is 0.0699. The third-order valence-electron chi connectivity index (χ3n) is 5.49. The van der Waals surface area contributed by atoms with E-state index >= 15 is 0 Å². The minimum Gasteiger partial charge on any atom is -0.497 e. The number of anilines is 1. The third kappa shape index (κ3) is 5.02. The summed E-state index contributed by atoms with van der Waals surface area (Å²) in [5.41, 5.74) is 4.28. The fraction of sp³-hybridized carbons (Fsp3) is 0.375. The van der Waals surface area contributed by atoms with E-state index in [4.69, 9.17) is 4.74 Å². The van der Waals surface area contributed by atoms with Crippen molar-refractivity contribution in [1.82, 2.24) is 4.90 Å². The topological polar surface area (TPSA) is 41.6 Å². The van der Waals surface area contributed by atoms with Crippen molar-refractivity contribution in [2.75, 3.05) is 32.1 Å². The lowest BCUT2D eigenvalue weighted by molar-refractivity contribution is -0.121. The quantitative estimate of drug-likeness (QED) is 0.721. The van der Waals surface area contributed by atoms with Gasteiger partial charge in [-0.15, -0.1) is 0 Å². The molecular formula is C24H30N2O2. The molecule has 0 radical (unpaired) electrons. The van der Waals surface area contributed by atoms with Crippen LogP contribution in [0, 0.1) is 5.92 Å². The van der Waals surface area contributed by atoms with Gasteiger partial charge in [0.15, 0.2) is 0 Å². The summed E-state index contributed by atoms with van der Waals surface area (Å²) in [5.74, 6) is 1.00. The fourth-order valence-corrected chi connectivity index (χ4v) is 3.67. The first-order chi connectivity index (χ1) is 13.6. The largest absolute Gasteiger partial charge is 0.497 e. The number of hydrogen-bond acceptors (Lipinski definition) is 3. The Morgan fingerprint density at radius 1 is 1.18 bits per heavy atom. The molecule has 28 heavy (non-hydrogen) atoms. The van der Waals surface area contributed by atoms with Gasteiger partial charge in [0.05, 0.1) is 7.11 Å². The van der Waals surface area contributed by atoms with Crippen LogP contribution < -0.4 is 10.1 Å². The number of para-hydroxylation sites is 1. The highest BCUT2D eigenvalue weighted by Gasteiger charge is 2.25. The predicted octanol–water partition coefficient (Wildman–Crippen LogP) is 4.98. The van der Waals surface area contributed by atoms with E-state index < -0.39 is 0 Å². The fourth-order valence-electron chi connectivity index (χ4n) is 3.67. The second kappa shape index (κ2) is 9.56. The SMILES string of the molecule is C/C=C(\C)CN1CCC(C(=O)Nc2ccccc2-c2cccc(OC)c2)CC1. The van der Waals surface area contributed by atoms with Gasteiger partial charge in [-0.3, -0.25) is 9.69 Å². The van der Waals surface area contributed by atoms with E-state index in [1.807, 2.05) is 48.5 Å². The van der Waals surface area contributed by atoms with Crippen molar-refractivity contribution in [3.8, 4) is 16.9 Å². The summed E-state index contributed by atoms with van der Waals surface area (Å²) >= 11 is 0. The zero-order chi connectivity index (χ0) is 19.9. The summed E-state index contributed by atoms with van der Waals surface area (Å²) in [7, 11) is 1.66. The molecule has 0 aliphatic carbocycles. The highest BCUT2D eigenvalue weighted by Crippen LogP contribution is 2.31. The molecule has 2 aromatic rings. The van der Waals surface area contributed by atoms with Gasteiger partial charge in [0.2, 0.25) is 5.91 Å². The van der Waals surface area contributed by atoms with Crippen LogP contribution in [0.5, 0.6) is 5.75 Å². The van der Waals surface area contributed by atoms with Crippen LogP contribution in [0.15, 0.2) is 60.2 Å². The first kappa shape index (κ1) is 20.2. The van der Waals surface area contributed by atoms with Crippen LogP contribution in [0.4, 0.5) is 5.69 Å². The lowest BCUT2D eigenvalue weighted by Crippen LogP contribution is -2.38. The van der Waals surface area contributed by atoms with E-state index in [9.17, 15) is 4.79 Å². The van der Waals surface area contributed by atoms with Crippen molar-refractivity contribution in [3.05, 3.63) is 60.2 Å². The van der Waals surface area contributed by atoms with Gasteiger partial charge < -0.3 is 10.1 Å². The maximum absolute atomic E-state index is 12.9. The molecule has 0 saturated carbocycles. The number of likely N-dealkylation sites (tertiary alicyclic amines) is 1. The van der Waals surface area contributed by atoms with Gasteiger partial charge in [-0.1, -0.05) is 42.0 Å². The zero-order valence-corrected chi connectivity index (χ0v) is 17.1. The second-order valence-electron chi connectivity index (χ2n) is 7.45. The van der Waals surface area contributed by atoms with Crippen LogP contribution >= 0.6 is 0 Å². The Hall–Kier alpha value is -2.59. The van der Waals surface area contributed by atoms with E-state index in [1.165, 1.54) is 5.57 Å². The lowest BCUT2D eigenvalue weighted by Gasteiger charge is -2.31. The molecule has 0 bridgehead atoms. The number of allylic oxidation sites excluding steroid dienone is 1. The Morgan fingerprint density at radius 3 is 2.64 bits per heavy atom. The maximum Gasteiger partial charge on any atom is 0.227 e. The summed E-state index contributed by atoms with van der Waals surface area (Å²) in [6.45, 7) is 7.19. The third-order valence-corrected chi connectivity index (χ3v) is 5.49. The standard InChI is InChI=1S/C24H30N2O2/c1-4-18(2)17-26-14-12-19(13-15-26)24(27)25-23-11-6-5-10-22(23)20-8-7-9-21(16-20)28-3/h4-11,16,19H,12-15,17H2,1-3H3,(H,25,27)/b18-4+. The molecule has 1 fully saturated rings. The molecule has 4 nitrogen and oxygen atoms in total. The van der Waals surface area contributed by atoms with Crippen LogP contribution in [0.1, 0.15) is 26.7 Å². The Balaban J connectivity index is 1.67. The average Bonchev–Trinajstić information content (AvgIpc) is 2.74. The molecule has 1 heterocycles. The molecule has 148 valence electrons. The summed E-state index contributed by atoms with van der Waals surface area (Å²) in [6, 6.07) is 15.9. The summed E-state index contributed by atoms with van der Waals surface area (Å²) in [5, 5.41) is 3.17. The molecule has 1 N–H and O–H groups in total. The highest BCUT2D eigenvalue weighted by atomic mass is 16.5. The van der Waals surface area contributed by atoms with Crippen LogP contribution in [0.3, 0.4) is 0 Å². The minimum atomic E-state index is 0.0699. The number of carbonyl (C=O) groups excluding carboxylic acids is 1. The number of benzene rings is 2. The van der Waals surface area contributed by atoms with Crippen LogP contribution in [-0.2, 0) is 4.79 Å². The first-order valence-electron chi connectivity index (χ1n) is 9.99. The van der Waals surface area contributed by atoms with E-state index in [1.54, 1.807) is 7.11 Å². The normalized spacial score (nSPS) is 16.0. The first-order valence-corrected chi connectivity index (χ1v) is 9.99. The molecule has 1 aliphatic rings. The van der Waals surface area contributed by atoms with Gasteiger partial charge >= 0.3 is 0 Å². The Bertz CT molecular complexity index is 836. The summed E-state index contributed by atoms with van der Waals surface area (Å²) < 4.78 is 5.34. The van der Waals surface area contributed by atoms with Gasteiger partial charge in [0.1, 0.15) is 5.75 Å². The molecule has 1 aliphatic heterocycles. The van der Waals surface area contributed by atoms with Crippen molar-refractivity contribution >= 4 is 11.6 Å². The molecule has 0 spiro atoms. The number of amides is 1. The molecule has 0 unspecified atom stereocenters. The smallest absolute Gasteiger partial charge is 0.227 e. The van der Waals surface area contributed by atoms with E-state index in [0.717, 1.165) is 55.0 Å². The number of hydrogen-bond donors (Lipinski definition) is 1. The monoisotopic (exact) mass is 378 g/mol. The van der Waals surface area contributed by atoms with Gasteiger partial charge in [0, 0.05) is 23.7 Å². The average molecular weight is 379 g/mol. The van der Waals surface area contributed by atoms with Gasteiger partial charge in [0.25, 0.3) is 0 Å². The predicted molar refractivity (Wildman–Crippen MR) is 116 cm³/mol. The summed E-state index contributed by atoms with van der Waals surface area (Å²) in [4.78, 5) is 15.3. The molecule has 2 aromatic carbocycles. The van der Waals surface area contributed by atoms with Gasteiger partial charge in [-0.2, -0.15) is 0 Å². The number of rotatable bonds is 6. The number of carbonyl (C=O) groups is 1. The molecular weight excluding hydrogens is 348 g/mol. The zero-order valence-electron chi connectivity index (χ0n) is 17.1. The number of ether oxygens (including phenoxy) is 1. The number of nitrogens with zero attached hydrogens (tertiary/aromatic N) is 1. The molecule has 1 amide bonds. The second-order valence-corrected chi connectivity index (χ2v) is 7.45. The molecule has 0 atom stereocenters. The van der Waals surface area contributed by atoms with Crippen molar-refractivity contribution in [2.24, 2.45) is 5.92 Å². The van der Waals surface area contributed by atoms with E-state index in [2.05, 4.69) is 30.1 Å². The number of methoxy groups -OCH3 is 1. The Kier molecular flexibility index (Phi) is 6.88. The van der Waals surface area contributed by atoms with E-state index in [0.29, 0.717) is 0 Å². The van der Waals surface area contributed by atoms with Crippen molar-refractivity contribution in [1.29, 1.82) is 0 Å². The van der Waals surface area contributed by atoms with Crippen molar-refractivity contribution in [2.45, 2.75) is 26.7 Å². The number of piperidine rings is 1. The maximum atomic E-state index is 12.9. The molecule has 0 aromatic heterocycles. The number of nitrogens with one attached hydrogen (secondary N) is 1. The molecule has 1 saturated heterocycles. The Morgan fingerprint density at radius 2 is 1.93 bits per heavy atom. The van der Waals surface area contributed by atoms with Crippen LogP contribution in [0.2, 0.25) is 0 Å². The van der Waals surface area contributed by atoms with Gasteiger partial charge in [-0.05, 0) is 63.5 Å². The van der Waals surface area contributed by atoms with Crippen molar-refractivity contribution < 1.29 is 9.53 Å². The lowest BCUT2D eigenvalue weighted by atomic mass is 9.95. The molecule has 4 heteroatoms. The van der Waals surface area contributed by atoms with Crippen LogP contribution in [0.25, 0.3) is 11.1 Å². The molecule has 3 rings (SSSR count).